The molecule has 1 aliphatic heterocycles. The number of benzene rings is 2. The van der Waals surface area contributed by atoms with Gasteiger partial charge in [0.05, 0.1) is 10.5 Å². The first kappa shape index (κ1) is 15.8. The Balaban J connectivity index is 1.60. The molecule has 2 aromatic rings. The van der Waals surface area contributed by atoms with Gasteiger partial charge in [-0.2, -0.15) is 0 Å². The maximum absolute atomic E-state index is 12.1. The molecule has 3 rings (SSSR count). The number of nitrogens with zero attached hydrogens (tertiary/aromatic N) is 1. The van der Waals surface area contributed by atoms with Crippen LogP contribution >= 0.6 is 0 Å². The highest BCUT2D eigenvalue weighted by molar-refractivity contribution is 5.90. The average molecular weight is 329 g/mol. The number of fused-ring (bicyclic) bond motifs is 1. The van der Waals surface area contributed by atoms with E-state index in [4.69, 9.17) is 14.2 Å². The number of ether oxygens (including phenoxy) is 3. The number of nitro groups is 1. The third-order valence-electron chi connectivity index (χ3n) is 3.60. The summed E-state index contributed by atoms with van der Waals surface area (Å²) in [4.78, 5) is 22.4. The molecule has 0 saturated carbocycles. The molecule has 0 aromatic heterocycles. The van der Waals surface area contributed by atoms with Crippen molar-refractivity contribution in [2.24, 2.45) is 0 Å². The minimum absolute atomic E-state index is 0.0310. The predicted octanol–water partition coefficient (Wildman–Crippen LogP) is 2.90. The van der Waals surface area contributed by atoms with Crippen molar-refractivity contribution in [3.05, 3.63) is 63.7 Å². The van der Waals surface area contributed by atoms with Crippen LogP contribution in [0.1, 0.15) is 15.9 Å². The van der Waals surface area contributed by atoms with E-state index in [0.29, 0.717) is 17.1 Å². The molecule has 0 fully saturated rings. The van der Waals surface area contributed by atoms with Gasteiger partial charge >= 0.3 is 5.97 Å². The predicted molar refractivity (Wildman–Crippen MR) is 84.5 cm³/mol. The van der Waals surface area contributed by atoms with Gasteiger partial charge in [0.2, 0.25) is 0 Å². The lowest BCUT2D eigenvalue weighted by atomic mass is 10.1. The van der Waals surface area contributed by atoms with Crippen LogP contribution in [0.4, 0.5) is 5.69 Å². The fourth-order valence-electron chi connectivity index (χ4n) is 2.38. The Bertz CT molecular complexity index is 788. The summed E-state index contributed by atoms with van der Waals surface area (Å²) in [6.07, 6.45) is -0.400. The van der Waals surface area contributed by atoms with Crippen LogP contribution in [0, 0.1) is 17.0 Å². The van der Waals surface area contributed by atoms with E-state index in [1.54, 1.807) is 19.1 Å². The molecule has 24 heavy (non-hydrogen) atoms. The summed E-state index contributed by atoms with van der Waals surface area (Å²) in [5.74, 6) is 0.706. The summed E-state index contributed by atoms with van der Waals surface area (Å²) in [5, 5.41) is 10.8. The fourth-order valence-corrected chi connectivity index (χ4v) is 2.38. The van der Waals surface area contributed by atoms with Crippen LogP contribution in [0.25, 0.3) is 0 Å². The van der Waals surface area contributed by atoms with Crippen LogP contribution in [-0.2, 0) is 4.74 Å². The largest absolute Gasteiger partial charge is 0.486 e. The van der Waals surface area contributed by atoms with Crippen LogP contribution in [0.5, 0.6) is 11.5 Å². The number of carbonyl (C=O) groups excluding carboxylic acids is 1. The second-order valence-electron chi connectivity index (χ2n) is 5.35. The normalized spacial score (nSPS) is 15.6. The lowest BCUT2D eigenvalue weighted by Gasteiger charge is -2.26. The highest BCUT2D eigenvalue weighted by Gasteiger charge is 2.23. The number of para-hydroxylation sites is 2. The molecule has 7 heteroatoms. The van der Waals surface area contributed by atoms with E-state index in [2.05, 4.69) is 0 Å². The fraction of sp³-hybridized carbons (Fsp3) is 0.235. The van der Waals surface area contributed by atoms with E-state index in [9.17, 15) is 14.9 Å². The first-order valence-corrected chi connectivity index (χ1v) is 7.35. The molecular formula is C17H15NO6. The van der Waals surface area contributed by atoms with E-state index in [1.807, 2.05) is 12.1 Å². The van der Waals surface area contributed by atoms with Crippen molar-refractivity contribution in [3.63, 3.8) is 0 Å². The number of rotatable bonds is 4. The summed E-state index contributed by atoms with van der Waals surface area (Å²) in [5.41, 5.74) is 0.628. The topological polar surface area (TPSA) is 87.9 Å². The molecule has 1 atom stereocenters. The Labute approximate surface area is 137 Å². The van der Waals surface area contributed by atoms with Crippen molar-refractivity contribution < 1.29 is 23.9 Å². The number of hydrogen-bond acceptors (Lipinski definition) is 6. The van der Waals surface area contributed by atoms with Crippen molar-refractivity contribution in [2.75, 3.05) is 13.2 Å². The van der Waals surface area contributed by atoms with Gasteiger partial charge in [-0.05, 0) is 31.2 Å². The molecule has 0 amide bonds. The van der Waals surface area contributed by atoms with Crippen molar-refractivity contribution >= 4 is 11.7 Å². The number of hydrogen-bond donors (Lipinski definition) is 0. The average Bonchev–Trinajstić information content (AvgIpc) is 2.59. The minimum atomic E-state index is -0.560. The van der Waals surface area contributed by atoms with E-state index >= 15 is 0 Å². The Morgan fingerprint density at radius 1 is 1.29 bits per heavy atom. The van der Waals surface area contributed by atoms with Crippen LogP contribution in [0.2, 0.25) is 0 Å². The second-order valence-corrected chi connectivity index (χ2v) is 5.35. The van der Waals surface area contributed by atoms with Gasteiger partial charge in [0.15, 0.2) is 17.6 Å². The van der Waals surface area contributed by atoms with E-state index in [0.717, 1.165) is 0 Å². The number of nitro benzene ring substituents is 1. The molecule has 2 aromatic carbocycles. The van der Waals surface area contributed by atoms with Crippen molar-refractivity contribution in [2.45, 2.75) is 13.0 Å². The van der Waals surface area contributed by atoms with Gasteiger partial charge in [0, 0.05) is 11.6 Å². The Morgan fingerprint density at radius 3 is 2.75 bits per heavy atom. The Hall–Kier alpha value is -3.09. The zero-order valence-corrected chi connectivity index (χ0v) is 12.9. The summed E-state index contributed by atoms with van der Waals surface area (Å²) < 4.78 is 16.5. The first-order valence-electron chi connectivity index (χ1n) is 7.35. The Morgan fingerprint density at radius 2 is 2.04 bits per heavy atom. The highest BCUT2D eigenvalue weighted by atomic mass is 16.6. The standard InChI is InChI=1S/C17H15NO6/c1-11-8-12(6-7-14(11)18(20)21)17(19)23-10-13-9-22-15-4-2-3-5-16(15)24-13/h2-8,13H,9-10H2,1H3/t13-/m0/s1. The number of esters is 1. The van der Waals surface area contributed by atoms with Gasteiger partial charge in [0.1, 0.15) is 13.2 Å². The third-order valence-corrected chi connectivity index (χ3v) is 3.60. The second kappa shape index (κ2) is 6.57. The number of carbonyl (C=O) groups is 1. The summed E-state index contributed by atoms with van der Waals surface area (Å²) in [6.45, 7) is 1.89. The summed E-state index contributed by atoms with van der Waals surface area (Å²) >= 11 is 0. The maximum atomic E-state index is 12.1. The van der Waals surface area contributed by atoms with Crippen LogP contribution in [-0.4, -0.2) is 30.2 Å². The summed E-state index contributed by atoms with van der Waals surface area (Å²) in [6, 6.07) is 11.4. The van der Waals surface area contributed by atoms with Gasteiger partial charge in [-0.25, -0.2) is 4.79 Å². The smallest absolute Gasteiger partial charge is 0.338 e. The molecule has 0 saturated heterocycles. The maximum Gasteiger partial charge on any atom is 0.338 e. The molecule has 0 bridgehead atoms. The molecule has 0 unspecified atom stereocenters. The molecule has 7 nitrogen and oxygen atoms in total. The highest BCUT2D eigenvalue weighted by Crippen LogP contribution is 2.31. The number of aryl methyl sites for hydroxylation is 1. The zero-order valence-electron chi connectivity index (χ0n) is 12.9. The lowest BCUT2D eigenvalue weighted by molar-refractivity contribution is -0.385. The van der Waals surface area contributed by atoms with Crippen molar-refractivity contribution in [1.82, 2.24) is 0 Å². The van der Waals surface area contributed by atoms with Crippen LogP contribution in [0.3, 0.4) is 0 Å². The van der Waals surface area contributed by atoms with Gasteiger partial charge in [-0.3, -0.25) is 10.1 Å². The molecular weight excluding hydrogens is 314 g/mol. The van der Waals surface area contributed by atoms with Crippen molar-refractivity contribution in [1.29, 1.82) is 0 Å². The first-order chi connectivity index (χ1) is 11.5. The summed E-state index contributed by atoms with van der Waals surface area (Å²) in [7, 11) is 0. The molecule has 1 aliphatic rings. The van der Waals surface area contributed by atoms with Crippen molar-refractivity contribution in [3.8, 4) is 11.5 Å². The molecule has 0 aliphatic carbocycles. The zero-order chi connectivity index (χ0) is 17.1. The van der Waals surface area contributed by atoms with Crippen LogP contribution < -0.4 is 9.47 Å². The van der Waals surface area contributed by atoms with E-state index in [1.165, 1.54) is 18.2 Å². The minimum Gasteiger partial charge on any atom is -0.486 e. The van der Waals surface area contributed by atoms with Crippen LogP contribution in [0.15, 0.2) is 42.5 Å². The lowest BCUT2D eigenvalue weighted by Crippen LogP contribution is -2.34. The molecule has 0 spiro atoms. The third kappa shape index (κ3) is 3.29. The van der Waals surface area contributed by atoms with Gasteiger partial charge in [-0.15, -0.1) is 0 Å². The Kier molecular flexibility index (Phi) is 4.33. The molecule has 1 heterocycles. The molecule has 0 N–H and O–H groups in total. The SMILES string of the molecule is Cc1cc(C(=O)OC[C@@H]2COc3ccccc3O2)ccc1[N+](=O)[O-]. The van der Waals surface area contributed by atoms with Gasteiger partial charge in [0.25, 0.3) is 5.69 Å². The van der Waals surface area contributed by atoms with Gasteiger partial charge < -0.3 is 14.2 Å². The molecule has 124 valence electrons. The van der Waals surface area contributed by atoms with E-state index in [-0.39, 0.29) is 24.5 Å². The quantitative estimate of drug-likeness (QED) is 0.487. The van der Waals surface area contributed by atoms with Gasteiger partial charge in [-0.1, -0.05) is 12.1 Å². The van der Waals surface area contributed by atoms with E-state index < -0.39 is 17.0 Å². The monoisotopic (exact) mass is 329 g/mol. The molecule has 0 radical (unpaired) electrons.